The van der Waals surface area contributed by atoms with Crippen LogP contribution in [0.15, 0.2) is 59.0 Å². The number of nitrogens with zero attached hydrogens (tertiary/aromatic N) is 3. The summed E-state index contributed by atoms with van der Waals surface area (Å²) in [6, 6.07) is 11.1. The predicted octanol–water partition coefficient (Wildman–Crippen LogP) is 5.32. The quantitative estimate of drug-likeness (QED) is 0.386. The van der Waals surface area contributed by atoms with Gasteiger partial charge in [0.15, 0.2) is 11.6 Å². The molecule has 0 fully saturated rings. The Kier molecular flexibility index (Phi) is 6.37. The van der Waals surface area contributed by atoms with Gasteiger partial charge < -0.3 is 4.90 Å². The van der Waals surface area contributed by atoms with Crippen LogP contribution in [-0.2, 0) is 11.3 Å². The highest BCUT2D eigenvalue weighted by molar-refractivity contribution is 7.17. The van der Waals surface area contributed by atoms with E-state index >= 15 is 0 Å². The molecule has 2 aromatic carbocycles. The number of carbonyl (C=O) groups excluding carboxylic acids is 1. The maximum atomic E-state index is 13.6. The average Bonchev–Trinajstić information content (AvgIpc) is 3.24. The SMILES string of the molecule is Cc1ccc(-c2csc3ncn(CCC(=O)N(C)C(C)c4ccc(F)c(F)c4)c(=O)c23)cc1. The highest BCUT2D eigenvalue weighted by atomic mass is 32.1. The van der Waals surface area contributed by atoms with Crippen molar-refractivity contribution in [1.82, 2.24) is 14.5 Å². The zero-order valence-electron chi connectivity index (χ0n) is 18.5. The second kappa shape index (κ2) is 9.23. The molecule has 1 amide bonds. The number of aromatic nitrogens is 2. The lowest BCUT2D eigenvalue weighted by atomic mass is 10.1. The van der Waals surface area contributed by atoms with Crippen molar-refractivity contribution in [2.75, 3.05) is 7.05 Å². The summed E-state index contributed by atoms with van der Waals surface area (Å²) in [4.78, 5) is 32.5. The van der Waals surface area contributed by atoms with Crippen LogP contribution in [0.1, 0.15) is 30.5 Å². The Bertz CT molecular complexity index is 1380. The largest absolute Gasteiger partial charge is 0.339 e. The Hall–Kier alpha value is -3.39. The van der Waals surface area contributed by atoms with Gasteiger partial charge in [0.1, 0.15) is 4.83 Å². The minimum Gasteiger partial charge on any atom is -0.339 e. The number of thiophene rings is 1. The Morgan fingerprint density at radius 3 is 2.58 bits per heavy atom. The van der Waals surface area contributed by atoms with Crippen LogP contribution in [0.2, 0.25) is 0 Å². The number of fused-ring (bicyclic) bond motifs is 1. The smallest absolute Gasteiger partial charge is 0.262 e. The molecule has 0 bridgehead atoms. The number of amides is 1. The summed E-state index contributed by atoms with van der Waals surface area (Å²) in [6.45, 7) is 3.91. The first-order chi connectivity index (χ1) is 15.8. The van der Waals surface area contributed by atoms with Gasteiger partial charge in [-0.05, 0) is 37.1 Å². The van der Waals surface area contributed by atoms with E-state index in [1.54, 1.807) is 14.0 Å². The van der Waals surface area contributed by atoms with Gasteiger partial charge in [0.2, 0.25) is 5.91 Å². The Balaban J connectivity index is 1.53. The van der Waals surface area contributed by atoms with Crippen molar-refractivity contribution in [1.29, 1.82) is 0 Å². The number of rotatable bonds is 6. The van der Waals surface area contributed by atoms with E-state index in [2.05, 4.69) is 4.98 Å². The second-order valence-electron chi connectivity index (χ2n) is 8.04. The molecule has 4 rings (SSSR count). The van der Waals surface area contributed by atoms with Crippen molar-refractivity contribution < 1.29 is 13.6 Å². The van der Waals surface area contributed by atoms with E-state index in [1.807, 2.05) is 36.6 Å². The minimum absolute atomic E-state index is 0.0710. The lowest BCUT2D eigenvalue weighted by molar-refractivity contribution is -0.132. The van der Waals surface area contributed by atoms with Gasteiger partial charge in [0.05, 0.1) is 17.8 Å². The van der Waals surface area contributed by atoms with Crippen LogP contribution in [0.3, 0.4) is 0 Å². The van der Waals surface area contributed by atoms with Crippen molar-refractivity contribution in [3.8, 4) is 11.1 Å². The molecule has 5 nitrogen and oxygen atoms in total. The summed E-state index contributed by atoms with van der Waals surface area (Å²) in [7, 11) is 1.60. The molecular formula is C25H23F2N3O2S. The highest BCUT2D eigenvalue weighted by Crippen LogP contribution is 2.30. The zero-order chi connectivity index (χ0) is 23.7. The molecule has 0 saturated heterocycles. The van der Waals surface area contributed by atoms with Crippen LogP contribution in [0.5, 0.6) is 0 Å². The van der Waals surface area contributed by atoms with Gasteiger partial charge in [-0.1, -0.05) is 35.9 Å². The van der Waals surface area contributed by atoms with Gasteiger partial charge in [-0.3, -0.25) is 14.2 Å². The van der Waals surface area contributed by atoms with Crippen molar-refractivity contribution in [3.05, 3.63) is 87.3 Å². The van der Waals surface area contributed by atoms with Crippen LogP contribution >= 0.6 is 11.3 Å². The molecule has 0 aliphatic heterocycles. The van der Waals surface area contributed by atoms with Crippen LogP contribution in [-0.4, -0.2) is 27.4 Å². The molecule has 1 unspecified atom stereocenters. The number of hydrogen-bond donors (Lipinski definition) is 0. The molecule has 0 aliphatic rings. The lowest BCUT2D eigenvalue weighted by Gasteiger charge is -2.25. The minimum atomic E-state index is -0.953. The van der Waals surface area contributed by atoms with Gasteiger partial charge in [-0.15, -0.1) is 11.3 Å². The fraction of sp³-hybridized carbons (Fsp3) is 0.240. The maximum absolute atomic E-state index is 13.6. The zero-order valence-corrected chi connectivity index (χ0v) is 19.3. The van der Waals surface area contributed by atoms with Gasteiger partial charge >= 0.3 is 0 Å². The molecule has 8 heteroatoms. The first-order valence-electron chi connectivity index (χ1n) is 10.5. The van der Waals surface area contributed by atoms with E-state index in [0.717, 1.165) is 28.8 Å². The van der Waals surface area contributed by atoms with Crippen LogP contribution in [0, 0.1) is 18.6 Å². The summed E-state index contributed by atoms with van der Waals surface area (Å²) in [5, 5.41) is 2.47. The van der Waals surface area contributed by atoms with Crippen molar-refractivity contribution in [3.63, 3.8) is 0 Å². The molecule has 2 aromatic heterocycles. The summed E-state index contributed by atoms with van der Waals surface area (Å²) in [5.41, 5.74) is 3.21. The van der Waals surface area contributed by atoms with E-state index in [0.29, 0.717) is 15.8 Å². The summed E-state index contributed by atoms with van der Waals surface area (Å²) in [5.74, 6) is -2.10. The van der Waals surface area contributed by atoms with E-state index in [-0.39, 0.29) is 24.4 Å². The third kappa shape index (κ3) is 4.57. The van der Waals surface area contributed by atoms with Gasteiger partial charge in [0.25, 0.3) is 5.56 Å². The average molecular weight is 468 g/mol. The van der Waals surface area contributed by atoms with Crippen molar-refractivity contribution >= 4 is 27.5 Å². The Labute approximate surface area is 193 Å². The molecule has 0 saturated carbocycles. The summed E-state index contributed by atoms with van der Waals surface area (Å²) < 4.78 is 28.2. The molecule has 1 atom stereocenters. The van der Waals surface area contributed by atoms with Crippen LogP contribution < -0.4 is 5.56 Å². The monoisotopic (exact) mass is 467 g/mol. The van der Waals surface area contributed by atoms with Crippen molar-refractivity contribution in [2.45, 2.75) is 32.9 Å². The molecule has 33 heavy (non-hydrogen) atoms. The lowest BCUT2D eigenvalue weighted by Crippen LogP contribution is -2.31. The number of hydrogen-bond acceptors (Lipinski definition) is 4. The highest BCUT2D eigenvalue weighted by Gasteiger charge is 2.19. The van der Waals surface area contributed by atoms with E-state index in [1.165, 1.54) is 33.2 Å². The summed E-state index contributed by atoms with van der Waals surface area (Å²) in [6.07, 6.45) is 1.54. The predicted molar refractivity (Wildman–Crippen MR) is 126 cm³/mol. The number of aryl methyl sites for hydroxylation is 2. The first-order valence-corrected chi connectivity index (χ1v) is 11.4. The molecular weight excluding hydrogens is 444 g/mol. The fourth-order valence-electron chi connectivity index (χ4n) is 3.68. The number of carbonyl (C=O) groups is 1. The van der Waals surface area contributed by atoms with Gasteiger partial charge in [-0.25, -0.2) is 13.8 Å². The topological polar surface area (TPSA) is 55.2 Å². The number of benzene rings is 2. The maximum Gasteiger partial charge on any atom is 0.262 e. The molecule has 0 radical (unpaired) electrons. The molecule has 170 valence electrons. The van der Waals surface area contributed by atoms with E-state index < -0.39 is 17.7 Å². The molecule has 2 heterocycles. The fourth-order valence-corrected chi connectivity index (χ4v) is 4.58. The second-order valence-corrected chi connectivity index (χ2v) is 8.90. The normalized spacial score (nSPS) is 12.2. The molecule has 0 N–H and O–H groups in total. The molecule has 0 spiro atoms. The molecule has 4 aromatic rings. The van der Waals surface area contributed by atoms with Gasteiger partial charge in [-0.2, -0.15) is 0 Å². The van der Waals surface area contributed by atoms with E-state index in [4.69, 9.17) is 0 Å². The Morgan fingerprint density at radius 2 is 1.88 bits per heavy atom. The molecule has 0 aliphatic carbocycles. The van der Waals surface area contributed by atoms with Crippen LogP contribution in [0.4, 0.5) is 8.78 Å². The van der Waals surface area contributed by atoms with E-state index in [9.17, 15) is 18.4 Å². The Morgan fingerprint density at radius 1 is 1.15 bits per heavy atom. The summed E-state index contributed by atoms with van der Waals surface area (Å²) >= 11 is 1.41. The third-order valence-electron chi connectivity index (χ3n) is 5.89. The standard InChI is InChI=1S/C25H23F2N3O2S/c1-15-4-6-17(7-5-15)19-13-33-24-23(19)25(32)30(14-28-24)11-10-22(31)29(3)16(2)18-8-9-20(26)21(27)12-18/h4-9,12-14,16H,10-11H2,1-3H3. The van der Waals surface area contributed by atoms with Crippen LogP contribution in [0.25, 0.3) is 21.3 Å². The number of halogens is 2. The first kappa shape index (κ1) is 22.8. The third-order valence-corrected chi connectivity index (χ3v) is 6.78. The van der Waals surface area contributed by atoms with Gasteiger partial charge in [0, 0.05) is 31.0 Å². The van der Waals surface area contributed by atoms with Crippen molar-refractivity contribution in [2.24, 2.45) is 0 Å².